The van der Waals surface area contributed by atoms with Crippen LogP contribution in [0.2, 0.25) is 20.1 Å². The number of hydrogen-bond acceptors (Lipinski definition) is 6. The first kappa shape index (κ1) is 32.7. The summed E-state index contributed by atoms with van der Waals surface area (Å²) in [6, 6.07) is 21.7. The maximum Gasteiger partial charge on any atom is 0.269 e. The molecule has 12 heteroatoms. The number of hydrogen-bond donors (Lipinski definition) is 2. The monoisotopic (exact) mass is 661 g/mol. The third kappa shape index (κ3) is 8.66. The topological polar surface area (TPSA) is 119 Å². The van der Waals surface area contributed by atoms with Crippen molar-refractivity contribution in [3.63, 3.8) is 0 Å². The van der Waals surface area contributed by atoms with Crippen LogP contribution in [0.15, 0.2) is 78.9 Å². The van der Waals surface area contributed by atoms with Gasteiger partial charge < -0.3 is 10.4 Å². The van der Waals surface area contributed by atoms with Crippen molar-refractivity contribution >= 4 is 57.8 Å². The smallest absolute Gasteiger partial charge is 0.269 e. The Balaban J connectivity index is 0.000000197. The van der Waals surface area contributed by atoms with Gasteiger partial charge in [0.2, 0.25) is 0 Å². The van der Waals surface area contributed by atoms with Gasteiger partial charge in [-0.3, -0.25) is 20.2 Å². The molecule has 0 bridgehead atoms. The molecule has 1 aliphatic heterocycles. The molecule has 5 rings (SSSR count). The number of nitrogens with zero attached hydrogens (tertiary/aromatic N) is 2. The van der Waals surface area contributed by atoms with Crippen LogP contribution in [-0.2, 0) is 13.0 Å². The predicted molar refractivity (Wildman–Crippen MR) is 171 cm³/mol. The van der Waals surface area contributed by atoms with Gasteiger partial charge in [-0.2, -0.15) is 0 Å². The van der Waals surface area contributed by atoms with Crippen LogP contribution < -0.4 is 5.32 Å². The first-order valence-electron chi connectivity index (χ1n) is 13.3. The fraction of sp³-hybridized carbons (Fsp3) is 0.226. The van der Waals surface area contributed by atoms with E-state index in [9.17, 15) is 25.3 Å². The van der Waals surface area contributed by atoms with E-state index in [2.05, 4.69) is 5.32 Å². The Kier molecular flexibility index (Phi) is 11.4. The zero-order chi connectivity index (χ0) is 31.1. The predicted octanol–water partition coefficient (Wildman–Crippen LogP) is 9.09. The lowest BCUT2D eigenvalue weighted by Crippen LogP contribution is -2.29. The van der Waals surface area contributed by atoms with Crippen molar-refractivity contribution in [1.29, 1.82) is 0 Å². The van der Waals surface area contributed by atoms with Crippen molar-refractivity contribution in [3.05, 3.63) is 147 Å². The molecule has 0 amide bonds. The van der Waals surface area contributed by atoms with E-state index in [1.807, 2.05) is 18.2 Å². The molecule has 0 spiro atoms. The molecule has 0 aliphatic carbocycles. The van der Waals surface area contributed by atoms with Crippen molar-refractivity contribution in [2.24, 2.45) is 0 Å². The number of non-ortho nitro benzene ring substituents is 2. The molecule has 1 aliphatic rings. The molecule has 2 atom stereocenters. The number of benzene rings is 4. The maximum absolute atomic E-state index is 10.9. The second-order valence-electron chi connectivity index (χ2n) is 9.99. The fourth-order valence-corrected chi connectivity index (χ4v) is 6.03. The van der Waals surface area contributed by atoms with Crippen molar-refractivity contribution < 1.29 is 15.0 Å². The molecule has 0 radical (unpaired) electrons. The summed E-state index contributed by atoms with van der Waals surface area (Å²) in [6.45, 7) is 1.38. The van der Waals surface area contributed by atoms with Gasteiger partial charge in [-0.25, -0.2) is 0 Å². The molecule has 2 N–H and O–H groups in total. The molecular weight excluding hydrogens is 636 g/mol. The van der Waals surface area contributed by atoms with Gasteiger partial charge in [0.15, 0.2) is 0 Å². The first-order chi connectivity index (χ1) is 20.5. The Hall–Kier alpha value is -3.24. The molecule has 0 saturated carbocycles. The second-order valence-corrected chi connectivity index (χ2v) is 11.7. The van der Waals surface area contributed by atoms with Crippen LogP contribution in [0.5, 0.6) is 0 Å². The van der Waals surface area contributed by atoms with Gasteiger partial charge in [0.25, 0.3) is 11.4 Å². The number of nitro groups is 2. The Morgan fingerprint density at radius 1 is 0.837 bits per heavy atom. The molecule has 0 saturated heterocycles. The average molecular weight is 663 g/mol. The summed E-state index contributed by atoms with van der Waals surface area (Å²) >= 11 is 24.3. The van der Waals surface area contributed by atoms with Crippen molar-refractivity contribution in [3.8, 4) is 0 Å². The molecule has 1 heterocycles. The van der Waals surface area contributed by atoms with E-state index in [1.165, 1.54) is 18.2 Å². The zero-order valence-electron chi connectivity index (χ0n) is 22.7. The van der Waals surface area contributed by atoms with Crippen LogP contribution in [-0.4, -0.2) is 21.5 Å². The van der Waals surface area contributed by atoms with Crippen LogP contribution in [0.3, 0.4) is 0 Å². The van der Waals surface area contributed by atoms with E-state index < -0.39 is 11.0 Å². The van der Waals surface area contributed by atoms with Crippen molar-refractivity contribution in [2.45, 2.75) is 37.8 Å². The van der Waals surface area contributed by atoms with E-state index in [-0.39, 0.29) is 22.2 Å². The van der Waals surface area contributed by atoms with E-state index in [0.29, 0.717) is 58.0 Å². The Labute approximate surface area is 268 Å². The number of nitrogens with one attached hydrogen (secondary N) is 1. The van der Waals surface area contributed by atoms with Gasteiger partial charge in [-0.15, -0.1) is 0 Å². The summed E-state index contributed by atoms with van der Waals surface area (Å²) < 4.78 is 0. The highest BCUT2D eigenvalue weighted by Crippen LogP contribution is 2.37. The minimum absolute atomic E-state index is 0.00449. The molecule has 4 aromatic carbocycles. The second kappa shape index (κ2) is 15.0. The molecule has 43 heavy (non-hydrogen) atoms. The van der Waals surface area contributed by atoms with Crippen LogP contribution in [0.4, 0.5) is 11.4 Å². The summed E-state index contributed by atoms with van der Waals surface area (Å²) in [6.07, 6.45) is 1.19. The fourth-order valence-electron chi connectivity index (χ4n) is 4.95. The molecule has 224 valence electrons. The minimum Gasteiger partial charge on any atom is -0.388 e. The molecule has 0 fully saturated rings. The summed E-state index contributed by atoms with van der Waals surface area (Å²) in [7, 11) is 0. The Morgan fingerprint density at radius 2 is 1.51 bits per heavy atom. The van der Waals surface area contributed by atoms with Crippen LogP contribution in [0.25, 0.3) is 0 Å². The lowest BCUT2D eigenvalue weighted by atomic mass is 9.85. The van der Waals surface area contributed by atoms with E-state index in [0.717, 1.165) is 22.3 Å². The molecule has 0 aromatic heterocycles. The summed E-state index contributed by atoms with van der Waals surface area (Å²) in [5.41, 5.74) is 4.52. The van der Waals surface area contributed by atoms with Crippen LogP contribution in [0, 0.1) is 20.2 Å². The Morgan fingerprint density at radius 3 is 2.21 bits per heavy atom. The zero-order valence-corrected chi connectivity index (χ0v) is 25.7. The van der Waals surface area contributed by atoms with Crippen LogP contribution in [0.1, 0.15) is 52.7 Å². The highest BCUT2D eigenvalue weighted by molar-refractivity contribution is 6.35. The van der Waals surface area contributed by atoms with E-state index in [4.69, 9.17) is 46.4 Å². The Bertz CT molecular complexity index is 1640. The van der Waals surface area contributed by atoms with E-state index in [1.54, 1.807) is 42.5 Å². The summed E-state index contributed by atoms with van der Waals surface area (Å²) in [5, 5.41) is 37.5. The van der Waals surface area contributed by atoms with Gasteiger partial charge in [-0.1, -0.05) is 76.7 Å². The summed E-state index contributed by atoms with van der Waals surface area (Å²) in [5.74, 6) is 0.00449. The molecular formula is C31H27Cl4N3O5. The third-order valence-electron chi connectivity index (χ3n) is 7.11. The largest absolute Gasteiger partial charge is 0.388 e. The van der Waals surface area contributed by atoms with E-state index >= 15 is 0 Å². The van der Waals surface area contributed by atoms with Gasteiger partial charge in [0.1, 0.15) is 0 Å². The normalized spacial score (nSPS) is 14.7. The van der Waals surface area contributed by atoms with Gasteiger partial charge >= 0.3 is 0 Å². The SMILES string of the molecule is O=[N+]([O-])c1cccc(C(O)CCCc2ccc(Cl)cc2Cl)c1.O=[N+]([O-])c1cccc(C2CNCc3c(Cl)cc(Cl)cc32)c1. The first-order valence-corrected chi connectivity index (χ1v) is 14.8. The number of aliphatic hydroxyl groups is 1. The molecule has 2 unspecified atom stereocenters. The maximum atomic E-state index is 10.9. The number of fused-ring (bicyclic) bond motifs is 1. The molecule has 4 aromatic rings. The van der Waals surface area contributed by atoms with Crippen LogP contribution >= 0.6 is 46.4 Å². The van der Waals surface area contributed by atoms with Gasteiger partial charge in [-0.05, 0) is 71.3 Å². The van der Waals surface area contributed by atoms with Gasteiger partial charge in [0, 0.05) is 63.4 Å². The number of halogens is 4. The van der Waals surface area contributed by atoms with Crippen molar-refractivity contribution in [1.82, 2.24) is 5.32 Å². The molecule has 8 nitrogen and oxygen atoms in total. The number of rotatable bonds is 8. The summed E-state index contributed by atoms with van der Waals surface area (Å²) in [4.78, 5) is 20.8. The third-order valence-corrected chi connectivity index (χ3v) is 8.25. The minimum atomic E-state index is -0.731. The lowest BCUT2D eigenvalue weighted by molar-refractivity contribution is -0.385. The highest BCUT2D eigenvalue weighted by atomic mass is 35.5. The van der Waals surface area contributed by atoms with Crippen molar-refractivity contribution in [2.75, 3.05) is 6.54 Å². The number of aryl methyl sites for hydroxylation is 1. The lowest BCUT2D eigenvalue weighted by Gasteiger charge is -2.27. The quantitative estimate of drug-likeness (QED) is 0.143. The van der Waals surface area contributed by atoms with Gasteiger partial charge in [0.05, 0.1) is 16.0 Å². The highest BCUT2D eigenvalue weighted by Gasteiger charge is 2.25. The number of nitro benzene ring substituents is 2. The number of aliphatic hydroxyl groups excluding tert-OH is 1. The average Bonchev–Trinajstić information content (AvgIpc) is 2.98. The standard InChI is InChI=1S/C16H15Cl2NO3.C15H12Cl2N2O2/c17-13-8-7-11(15(18)10-13)3-2-6-16(20)12-4-1-5-14(9-12)19(21)22;16-10-5-12-13(7-18-8-14(12)15(17)6-10)9-2-1-3-11(4-9)19(20)21/h1,4-5,7-10,16,20H,2-3,6H2;1-6,13,18H,7-8H2.